The number of hydrogen-bond acceptors (Lipinski definition) is 3. The lowest BCUT2D eigenvalue weighted by molar-refractivity contribution is 0.0955. The summed E-state index contributed by atoms with van der Waals surface area (Å²) in [5, 5.41) is 5.26. The average Bonchev–Trinajstić information content (AvgIpc) is 3.03. The van der Waals surface area contributed by atoms with E-state index in [-0.39, 0.29) is 0 Å². The van der Waals surface area contributed by atoms with E-state index in [0.717, 1.165) is 0 Å². The van der Waals surface area contributed by atoms with Gasteiger partial charge in [-0.2, -0.15) is 5.10 Å². The molecule has 0 unspecified atom stereocenters. The fourth-order valence-corrected chi connectivity index (χ4v) is 2.84. The lowest BCUT2D eigenvalue weighted by atomic mass is 10.2. The van der Waals surface area contributed by atoms with Crippen molar-refractivity contribution in [3.05, 3.63) is 81.0 Å². The molecule has 4 nitrogen and oxygen atoms in total. The fraction of sp³-hybridized carbons (Fsp3) is 0. The Morgan fingerprint density at radius 3 is 2.56 bits per heavy atom. The Morgan fingerprint density at radius 2 is 1.80 bits per heavy atom. The zero-order valence-electron chi connectivity index (χ0n) is 12.7. The van der Waals surface area contributed by atoms with E-state index >= 15 is 0 Å². The summed E-state index contributed by atoms with van der Waals surface area (Å²) in [5.41, 5.74) is 3.45. The van der Waals surface area contributed by atoms with Gasteiger partial charge in [0.15, 0.2) is 0 Å². The van der Waals surface area contributed by atoms with E-state index in [9.17, 15) is 4.79 Å². The van der Waals surface area contributed by atoms with Crippen LogP contribution < -0.4 is 5.43 Å². The SMILES string of the molecule is O=C(N/N=C/c1ccc(-c2ccc(Cl)cc2Cl)o1)c1ccccc1Cl. The zero-order chi connectivity index (χ0) is 17.8. The molecule has 0 saturated carbocycles. The van der Waals surface area contributed by atoms with Gasteiger partial charge in [0, 0.05) is 10.6 Å². The molecule has 126 valence electrons. The number of hydrazone groups is 1. The number of amides is 1. The highest BCUT2D eigenvalue weighted by Gasteiger charge is 2.10. The lowest BCUT2D eigenvalue weighted by Gasteiger charge is -2.01. The largest absolute Gasteiger partial charge is 0.455 e. The maximum absolute atomic E-state index is 12.0. The first kappa shape index (κ1) is 17.5. The van der Waals surface area contributed by atoms with Crippen LogP contribution in [0.2, 0.25) is 15.1 Å². The highest BCUT2D eigenvalue weighted by Crippen LogP contribution is 2.31. The Labute approximate surface area is 159 Å². The molecule has 7 heteroatoms. The molecule has 0 fully saturated rings. The molecule has 0 aliphatic heterocycles. The lowest BCUT2D eigenvalue weighted by Crippen LogP contribution is -2.17. The van der Waals surface area contributed by atoms with Crippen molar-refractivity contribution in [3.63, 3.8) is 0 Å². The van der Waals surface area contributed by atoms with E-state index in [1.165, 1.54) is 6.21 Å². The second-order valence-electron chi connectivity index (χ2n) is 5.01. The minimum Gasteiger partial charge on any atom is -0.455 e. The van der Waals surface area contributed by atoms with E-state index in [4.69, 9.17) is 39.2 Å². The van der Waals surface area contributed by atoms with Crippen LogP contribution in [0.25, 0.3) is 11.3 Å². The number of hydrogen-bond donors (Lipinski definition) is 1. The van der Waals surface area contributed by atoms with Gasteiger partial charge >= 0.3 is 0 Å². The van der Waals surface area contributed by atoms with Gasteiger partial charge in [-0.05, 0) is 42.5 Å². The first-order valence-corrected chi connectivity index (χ1v) is 8.31. The monoisotopic (exact) mass is 392 g/mol. The predicted molar refractivity (Wildman–Crippen MR) is 101 cm³/mol. The van der Waals surface area contributed by atoms with Crippen molar-refractivity contribution < 1.29 is 9.21 Å². The smallest absolute Gasteiger partial charge is 0.272 e. The van der Waals surface area contributed by atoms with Crippen molar-refractivity contribution in [2.75, 3.05) is 0 Å². The van der Waals surface area contributed by atoms with Gasteiger partial charge in [0.1, 0.15) is 11.5 Å². The Balaban J connectivity index is 1.70. The van der Waals surface area contributed by atoms with E-state index in [2.05, 4.69) is 10.5 Å². The molecule has 0 saturated heterocycles. The summed E-state index contributed by atoms with van der Waals surface area (Å²) in [4.78, 5) is 12.0. The molecule has 0 atom stereocenters. The van der Waals surface area contributed by atoms with Crippen molar-refractivity contribution in [2.45, 2.75) is 0 Å². The quantitative estimate of drug-likeness (QED) is 0.458. The molecule has 1 N–H and O–H groups in total. The summed E-state index contributed by atoms with van der Waals surface area (Å²) in [6.07, 6.45) is 1.39. The molecule has 2 aromatic carbocycles. The molecule has 3 rings (SSSR count). The van der Waals surface area contributed by atoms with Crippen LogP contribution in [-0.4, -0.2) is 12.1 Å². The standard InChI is InChI=1S/C18H11Cl3N2O2/c19-11-5-7-13(16(21)9-11)17-8-6-12(25-17)10-22-23-18(24)14-3-1-2-4-15(14)20/h1-10H,(H,23,24)/b22-10+. The van der Waals surface area contributed by atoms with Crippen LogP contribution in [0.15, 0.2) is 64.1 Å². The number of carbonyl (C=O) groups excluding carboxylic acids is 1. The van der Waals surface area contributed by atoms with Crippen molar-refractivity contribution in [2.24, 2.45) is 5.10 Å². The Morgan fingerprint density at radius 1 is 1.00 bits per heavy atom. The second-order valence-corrected chi connectivity index (χ2v) is 6.26. The predicted octanol–water partition coefficient (Wildman–Crippen LogP) is 5.67. The molecular formula is C18H11Cl3N2O2. The third-order valence-electron chi connectivity index (χ3n) is 3.30. The van der Waals surface area contributed by atoms with Crippen LogP contribution in [0.1, 0.15) is 16.1 Å². The number of nitrogens with one attached hydrogen (secondary N) is 1. The summed E-state index contributed by atoms with van der Waals surface area (Å²) < 4.78 is 5.65. The van der Waals surface area contributed by atoms with Gasteiger partial charge in [0.05, 0.1) is 21.8 Å². The van der Waals surface area contributed by atoms with Crippen LogP contribution in [0.3, 0.4) is 0 Å². The highest BCUT2D eigenvalue weighted by atomic mass is 35.5. The van der Waals surface area contributed by atoms with Crippen LogP contribution in [-0.2, 0) is 0 Å². The average molecular weight is 394 g/mol. The molecule has 0 aliphatic carbocycles. The van der Waals surface area contributed by atoms with Crippen LogP contribution in [0.5, 0.6) is 0 Å². The molecular weight excluding hydrogens is 383 g/mol. The topological polar surface area (TPSA) is 54.6 Å². The van der Waals surface area contributed by atoms with Gasteiger partial charge in [-0.1, -0.05) is 46.9 Å². The minimum absolute atomic E-state index is 0.342. The van der Waals surface area contributed by atoms with Crippen molar-refractivity contribution in [1.82, 2.24) is 5.43 Å². The fourth-order valence-electron chi connectivity index (χ4n) is 2.12. The number of halogens is 3. The van der Waals surface area contributed by atoms with Crippen molar-refractivity contribution in [3.8, 4) is 11.3 Å². The van der Waals surface area contributed by atoms with E-state index in [1.807, 2.05) is 0 Å². The molecule has 3 aromatic rings. The van der Waals surface area contributed by atoms with E-state index in [0.29, 0.717) is 37.7 Å². The Hall–Kier alpha value is -2.27. The van der Waals surface area contributed by atoms with E-state index in [1.54, 1.807) is 54.6 Å². The summed E-state index contributed by atoms with van der Waals surface area (Å²) in [7, 11) is 0. The number of furan rings is 1. The summed E-state index contributed by atoms with van der Waals surface area (Å²) in [5.74, 6) is 0.621. The van der Waals surface area contributed by atoms with Crippen LogP contribution in [0, 0.1) is 0 Å². The van der Waals surface area contributed by atoms with Gasteiger partial charge in [0.25, 0.3) is 5.91 Å². The zero-order valence-corrected chi connectivity index (χ0v) is 14.9. The van der Waals surface area contributed by atoms with Gasteiger partial charge in [-0.3, -0.25) is 4.79 Å². The van der Waals surface area contributed by atoms with Gasteiger partial charge < -0.3 is 4.42 Å². The third kappa shape index (κ3) is 4.23. The number of rotatable bonds is 4. The maximum Gasteiger partial charge on any atom is 0.272 e. The number of benzene rings is 2. The summed E-state index contributed by atoms with van der Waals surface area (Å²) in [6, 6.07) is 15.3. The van der Waals surface area contributed by atoms with E-state index < -0.39 is 5.91 Å². The molecule has 25 heavy (non-hydrogen) atoms. The molecule has 0 bridgehead atoms. The molecule has 0 radical (unpaired) electrons. The summed E-state index contributed by atoms with van der Waals surface area (Å²) in [6.45, 7) is 0. The van der Waals surface area contributed by atoms with Crippen LogP contribution in [0.4, 0.5) is 0 Å². The first-order valence-electron chi connectivity index (χ1n) is 7.18. The Kier molecular flexibility index (Phi) is 5.43. The molecule has 1 aromatic heterocycles. The highest BCUT2D eigenvalue weighted by molar-refractivity contribution is 6.36. The number of carbonyl (C=O) groups is 1. The van der Waals surface area contributed by atoms with Gasteiger partial charge in [0.2, 0.25) is 0 Å². The van der Waals surface area contributed by atoms with Gasteiger partial charge in [-0.25, -0.2) is 5.43 Å². The maximum atomic E-state index is 12.0. The van der Waals surface area contributed by atoms with Crippen molar-refractivity contribution >= 4 is 46.9 Å². The van der Waals surface area contributed by atoms with Crippen LogP contribution >= 0.6 is 34.8 Å². The molecule has 1 heterocycles. The minimum atomic E-state index is -0.408. The second kappa shape index (κ2) is 7.74. The Bertz CT molecular complexity index is 951. The molecule has 0 aliphatic rings. The normalized spacial score (nSPS) is 11.0. The number of nitrogens with zero attached hydrogens (tertiary/aromatic N) is 1. The van der Waals surface area contributed by atoms with Gasteiger partial charge in [-0.15, -0.1) is 0 Å². The summed E-state index contributed by atoms with van der Waals surface area (Å²) >= 11 is 18.0. The third-order valence-corrected chi connectivity index (χ3v) is 4.18. The first-order chi connectivity index (χ1) is 12.0. The van der Waals surface area contributed by atoms with Crippen molar-refractivity contribution in [1.29, 1.82) is 0 Å². The molecule has 0 spiro atoms. The molecule has 1 amide bonds.